The Labute approximate surface area is 111 Å². The van der Waals surface area contributed by atoms with Crippen molar-refractivity contribution in [3.8, 4) is 0 Å². The van der Waals surface area contributed by atoms with E-state index in [4.69, 9.17) is 16.3 Å². The fourth-order valence-electron chi connectivity index (χ4n) is 2.80. The fraction of sp³-hybridized carbons (Fsp3) is 0.357. The molecule has 0 saturated heterocycles. The first-order valence-electron chi connectivity index (χ1n) is 6.09. The Hall–Kier alpha value is -1.32. The van der Waals surface area contributed by atoms with Gasteiger partial charge in [-0.25, -0.2) is 4.98 Å². The number of benzene rings is 1. The van der Waals surface area contributed by atoms with E-state index >= 15 is 0 Å². The van der Waals surface area contributed by atoms with E-state index in [1.54, 1.807) is 13.3 Å². The molecule has 2 aromatic rings. The van der Waals surface area contributed by atoms with Crippen molar-refractivity contribution in [2.45, 2.75) is 25.4 Å². The molecule has 4 heteroatoms. The maximum Gasteiger partial charge on any atom is 0.113 e. The molecule has 0 amide bonds. The van der Waals surface area contributed by atoms with Crippen LogP contribution in [0.1, 0.15) is 34.9 Å². The van der Waals surface area contributed by atoms with Crippen LogP contribution in [-0.4, -0.2) is 17.1 Å². The minimum absolute atomic E-state index is 0.364. The lowest BCUT2D eigenvalue weighted by Gasteiger charge is -2.12. The third-order valence-electron chi connectivity index (χ3n) is 3.61. The molecule has 0 saturated carbocycles. The van der Waals surface area contributed by atoms with Gasteiger partial charge in [-0.05, 0) is 35.6 Å². The Morgan fingerprint density at radius 2 is 2.39 bits per heavy atom. The zero-order valence-electron chi connectivity index (χ0n) is 10.2. The monoisotopic (exact) mass is 262 g/mol. The van der Waals surface area contributed by atoms with Crippen molar-refractivity contribution in [1.82, 2.24) is 9.97 Å². The predicted molar refractivity (Wildman–Crippen MR) is 70.9 cm³/mol. The summed E-state index contributed by atoms with van der Waals surface area (Å²) in [6, 6.07) is 4.09. The number of nitrogens with zero attached hydrogens (tertiary/aromatic N) is 1. The zero-order valence-corrected chi connectivity index (χ0v) is 11.0. The van der Waals surface area contributed by atoms with Crippen LogP contribution in [0.3, 0.4) is 0 Å². The number of H-pyrrole nitrogens is 1. The van der Waals surface area contributed by atoms with Crippen molar-refractivity contribution < 1.29 is 4.74 Å². The molecule has 0 spiro atoms. The summed E-state index contributed by atoms with van der Waals surface area (Å²) < 4.78 is 5.25. The summed E-state index contributed by atoms with van der Waals surface area (Å²) >= 11 is 6.26. The van der Waals surface area contributed by atoms with Crippen LogP contribution in [0.5, 0.6) is 0 Å². The maximum absolute atomic E-state index is 6.26. The molecule has 1 aliphatic carbocycles. The van der Waals surface area contributed by atoms with Gasteiger partial charge in [0.2, 0.25) is 0 Å². The minimum Gasteiger partial charge on any atom is -0.380 e. The van der Waals surface area contributed by atoms with Gasteiger partial charge in [-0.1, -0.05) is 17.7 Å². The quantitative estimate of drug-likeness (QED) is 0.922. The van der Waals surface area contributed by atoms with Gasteiger partial charge in [0, 0.05) is 30.4 Å². The number of hydrogen-bond acceptors (Lipinski definition) is 2. The number of imidazole rings is 1. The van der Waals surface area contributed by atoms with Gasteiger partial charge in [0.1, 0.15) is 5.82 Å². The van der Waals surface area contributed by atoms with Gasteiger partial charge in [0.15, 0.2) is 0 Å². The number of methoxy groups -OCH3 is 1. The molecular formula is C14H15ClN2O. The Morgan fingerprint density at radius 1 is 1.50 bits per heavy atom. The van der Waals surface area contributed by atoms with Crippen molar-refractivity contribution in [3.63, 3.8) is 0 Å². The highest BCUT2D eigenvalue weighted by Gasteiger charge is 2.28. The molecule has 94 valence electrons. The van der Waals surface area contributed by atoms with E-state index in [2.05, 4.69) is 16.0 Å². The first kappa shape index (κ1) is 11.8. The molecule has 1 aromatic heterocycles. The lowest BCUT2D eigenvalue weighted by atomic mass is 9.98. The van der Waals surface area contributed by atoms with Crippen molar-refractivity contribution >= 4 is 11.6 Å². The molecule has 18 heavy (non-hydrogen) atoms. The number of fused-ring (bicyclic) bond motifs is 1. The molecule has 3 nitrogen and oxygen atoms in total. The average Bonchev–Trinajstić information content (AvgIpc) is 3.00. The molecule has 0 aliphatic heterocycles. The van der Waals surface area contributed by atoms with Gasteiger partial charge in [0.05, 0.1) is 6.61 Å². The van der Waals surface area contributed by atoms with E-state index in [9.17, 15) is 0 Å². The average molecular weight is 263 g/mol. The van der Waals surface area contributed by atoms with Gasteiger partial charge >= 0.3 is 0 Å². The Morgan fingerprint density at radius 3 is 3.11 bits per heavy atom. The van der Waals surface area contributed by atoms with E-state index in [0.29, 0.717) is 12.5 Å². The van der Waals surface area contributed by atoms with Crippen molar-refractivity contribution in [2.24, 2.45) is 0 Å². The first-order chi connectivity index (χ1) is 8.81. The second-order valence-corrected chi connectivity index (χ2v) is 5.00. The topological polar surface area (TPSA) is 37.9 Å². The van der Waals surface area contributed by atoms with Crippen LogP contribution < -0.4 is 0 Å². The third-order valence-corrected chi connectivity index (χ3v) is 3.96. The molecule has 1 aromatic carbocycles. The van der Waals surface area contributed by atoms with Crippen LogP contribution in [0.15, 0.2) is 24.5 Å². The Kier molecular flexibility index (Phi) is 3.10. The van der Waals surface area contributed by atoms with Crippen LogP contribution in [0.2, 0.25) is 5.02 Å². The van der Waals surface area contributed by atoms with Crippen LogP contribution in [0.25, 0.3) is 0 Å². The molecule has 0 unspecified atom stereocenters. The normalized spacial score (nSPS) is 18.0. The largest absolute Gasteiger partial charge is 0.380 e. The first-order valence-corrected chi connectivity index (χ1v) is 6.47. The fourth-order valence-corrected chi connectivity index (χ4v) is 3.03. The summed E-state index contributed by atoms with van der Waals surface area (Å²) in [6.07, 6.45) is 5.80. The van der Waals surface area contributed by atoms with Gasteiger partial charge in [-0.3, -0.25) is 0 Å². The third kappa shape index (κ3) is 1.84. The number of ether oxygens (including phenoxy) is 1. The highest BCUT2D eigenvalue weighted by Crippen LogP contribution is 2.40. The molecule has 1 heterocycles. The van der Waals surface area contributed by atoms with E-state index in [0.717, 1.165) is 29.3 Å². The number of aromatic nitrogens is 2. The molecule has 0 radical (unpaired) electrons. The van der Waals surface area contributed by atoms with E-state index < -0.39 is 0 Å². The Bertz CT molecular complexity index is 551. The molecule has 1 N–H and O–H groups in total. The van der Waals surface area contributed by atoms with Crippen LogP contribution in [0.4, 0.5) is 0 Å². The molecular weight excluding hydrogens is 248 g/mol. The zero-order chi connectivity index (χ0) is 12.5. The summed E-state index contributed by atoms with van der Waals surface area (Å²) in [4.78, 5) is 7.59. The molecule has 0 fully saturated rings. The van der Waals surface area contributed by atoms with Crippen molar-refractivity contribution in [1.29, 1.82) is 0 Å². The summed E-state index contributed by atoms with van der Waals surface area (Å²) in [6.45, 7) is 0.576. The second kappa shape index (κ2) is 4.75. The Balaban J connectivity index is 2.05. The number of aromatic amines is 1. The van der Waals surface area contributed by atoms with Gasteiger partial charge in [-0.2, -0.15) is 0 Å². The van der Waals surface area contributed by atoms with Crippen LogP contribution in [0, 0.1) is 0 Å². The highest BCUT2D eigenvalue weighted by atomic mass is 35.5. The van der Waals surface area contributed by atoms with Gasteiger partial charge in [-0.15, -0.1) is 0 Å². The maximum atomic E-state index is 6.26. The van der Waals surface area contributed by atoms with Crippen molar-refractivity contribution in [3.05, 3.63) is 52.1 Å². The molecule has 1 aliphatic rings. The van der Waals surface area contributed by atoms with Crippen LogP contribution in [-0.2, 0) is 17.8 Å². The van der Waals surface area contributed by atoms with Crippen LogP contribution >= 0.6 is 11.6 Å². The minimum atomic E-state index is 0.364. The highest BCUT2D eigenvalue weighted by molar-refractivity contribution is 6.31. The standard InChI is InChI=1S/C14H15ClN2O/c1-18-8-12-10-2-3-11(14-16-6-7-17-14)9(10)4-5-13(12)15/h4-7,11H,2-3,8H2,1H3,(H,16,17)/t11-/m1/s1. The number of halogens is 1. The summed E-state index contributed by atoms with van der Waals surface area (Å²) in [5.74, 6) is 1.40. The molecule has 0 bridgehead atoms. The lowest BCUT2D eigenvalue weighted by molar-refractivity contribution is 0.184. The number of hydrogen-bond donors (Lipinski definition) is 1. The van der Waals surface area contributed by atoms with Gasteiger partial charge < -0.3 is 9.72 Å². The summed E-state index contributed by atoms with van der Waals surface area (Å²) in [5, 5.41) is 0.802. The SMILES string of the molecule is COCc1c(Cl)ccc2c1CC[C@H]2c1ncc[nH]1. The summed E-state index contributed by atoms with van der Waals surface area (Å²) in [7, 11) is 1.70. The number of rotatable bonds is 3. The molecule has 1 atom stereocenters. The number of nitrogens with one attached hydrogen (secondary N) is 1. The lowest BCUT2D eigenvalue weighted by Crippen LogP contribution is -2.00. The molecule has 3 rings (SSSR count). The van der Waals surface area contributed by atoms with Crippen molar-refractivity contribution in [2.75, 3.05) is 7.11 Å². The summed E-state index contributed by atoms with van der Waals surface area (Å²) in [5.41, 5.74) is 3.80. The predicted octanol–water partition coefficient (Wildman–Crippen LogP) is 3.29. The van der Waals surface area contributed by atoms with E-state index in [-0.39, 0.29) is 0 Å². The van der Waals surface area contributed by atoms with Gasteiger partial charge in [0.25, 0.3) is 0 Å². The smallest absolute Gasteiger partial charge is 0.113 e. The second-order valence-electron chi connectivity index (χ2n) is 4.59. The van der Waals surface area contributed by atoms with E-state index in [1.165, 1.54) is 11.1 Å². The van der Waals surface area contributed by atoms with E-state index in [1.807, 2.05) is 12.3 Å².